The Morgan fingerprint density at radius 3 is 2.82 bits per heavy atom. The topological polar surface area (TPSA) is 55.1 Å². The SMILES string of the molecule is CC(C)CNC(=O)CSc1ccc(N)c(Cl)c1. The molecule has 0 atom stereocenters. The summed E-state index contributed by atoms with van der Waals surface area (Å²) in [6, 6.07) is 5.38. The van der Waals surface area contributed by atoms with Gasteiger partial charge in [0.1, 0.15) is 0 Å². The van der Waals surface area contributed by atoms with Crippen molar-refractivity contribution in [3.63, 3.8) is 0 Å². The largest absolute Gasteiger partial charge is 0.398 e. The van der Waals surface area contributed by atoms with Gasteiger partial charge in [0.05, 0.1) is 16.5 Å². The fourth-order valence-electron chi connectivity index (χ4n) is 1.12. The Labute approximate surface area is 111 Å². The molecule has 1 amide bonds. The lowest BCUT2D eigenvalue weighted by atomic mass is 10.2. The van der Waals surface area contributed by atoms with Gasteiger partial charge in [0.15, 0.2) is 0 Å². The van der Waals surface area contributed by atoms with Gasteiger partial charge < -0.3 is 11.1 Å². The van der Waals surface area contributed by atoms with Crippen LogP contribution in [0.5, 0.6) is 0 Å². The van der Waals surface area contributed by atoms with Crippen LogP contribution in [-0.2, 0) is 4.79 Å². The van der Waals surface area contributed by atoms with Crippen LogP contribution < -0.4 is 11.1 Å². The summed E-state index contributed by atoms with van der Waals surface area (Å²) in [4.78, 5) is 12.4. The maximum atomic E-state index is 11.5. The Balaban J connectivity index is 2.39. The first-order valence-electron chi connectivity index (χ1n) is 5.43. The maximum Gasteiger partial charge on any atom is 0.230 e. The van der Waals surface area contributed by atoms with Crippen LogP contribution in [0.3, 0.4) is 0 Å². The number of rotatable bonds is 5. The number of amides is 1. The molecular formula is C12H17ClN2OS. The highest BCUT2D eigenvalue weighted by Crippen LogP contribution is 2.26. The molecule has 0 aromatic heterocycles. The van der Waals surface area contributed by atoms with Crippen molar-refractivity contribution in [2.75, 3.05) is 18.0 Å². The van der Waals surface area contributed by atoms with Gasteiger partial charge in [0, 0.05) is 11.4 Å². The van der Waals surface area contributed by atoms with Crippen molar-refractivity contribution < 1.29 is 4.79 Å². The summed E-state index contributed by atoms with van der Waals surface area (Å²) in [5, 5.41) is 3.39. The molecule has 1 aromatic rings. The second-order valence-corrected chi connectivity index (χ2v) is 5.63. The third kappa shape index (κ3) is 5.33. The highest BCUT2D eigenvalue weighted by Gasteiger charge is 2.04. The standard InChI is InChI=1S/C12H17ClN2OS/c1-8(2)6-15-12(16)7-17-9-3-4-11(14)10(13)5-9/h3-5,8H,6-7,14H2,1-2H3,(H,15,16). The molecule has 1 aromatic carbocycles. The molecule has 0 heterocycles. The van der Waals surface area contributed by atoms with E-state index >= 15 is 0 Å². The van der Waals surface area contributed by atoms with Gasteiger partial charge in [0.25, 0.3) is 0 Å². The number of halogens is 1. The van der Waals surface area contributed by atoms with Crippen molar-refractivity contribution in [1.82, 2.24) is 5.32 Å². The first-order chi connectivity index (χ1) is 7.99. The maximum absolute atomic E-state index is 11.5. The fourth-order valence-corrected chi connectivity index (χ4v) is 2.13. The number of hydrogen-bond acceptors (Lipinski definition) is 3. The number of nitrogens with two attached hydrogens (primary N) is 1. The molecule has 5 heteroatoms. The second kappa shape index (κ2) is 6.77. The van der Waals surface area contributed by atoms with Gasteiger partial charge in [-0.25, -0.2) is 0 Å². The molecular weight excluding hydrogens is 256 g/mol. The third-order valence-electron chi connectivity index (χ3n) is 2.05. The summed E-state index contributed by atoms with van der Waals surface area (Å²) < 4.78 is 0. The average molecular weight is 273 g/mol. The van der Waals surface area contributed by atoms with E-state index in [1.165, 1.54) is 11.8 Å². The molecule has 1 rings (SSSR count). The van der Waals surface area contributed by atoms with Crippen molar-refractivity contribution in [3.05, 3.63) is 23.2 Å². The number of benzene rings is 1. The molecule has 0 unspecified atom stereocenters. The van der Waals surface area contributed by atoms with E-state index in [0.29, 0.717) is 28.9 Å². The van der Waals surface area contributed by atoms with E-state index in [1.807, 2.05) is 6.07 Å². The van der Waals surface area contributed by atoms with Crippen molar-refractivity contribution in [2.45, 2.75) is 18.7 Å². The highest BCUT2D eigenvalue weighted by molar-refractivity contribution is 8.00. The van der Waals surface area contributed by atoms with Gasteiger partial charge in [0.2, 0.25) is 5.91 Å². The molecule has 94 valence electrons. The van der Waals surface area contributed by atoms with Crippen molar-refractivity contribution in [1.29, 1.82) is 0 Å². The van der Waals surface area contributed by atoms with Gasteiger partial charge in [-0.05, 0) is 24.1 Å². The molecule has 0 spiro atoms. The Kier molecular flexibility index (Phi) is 5.65. The van der Waals surface area contributed by atoms with Gasteiger partial charge in [-0.3, -0.25) is 4.79 Å². The summed E-state index contributed by atoms with van der Waals surface area (Å²) in [7, 11) is 0. The molecule has 0 aliphatic heterocycles. The normalized spacial score (nSPS) is 10.6. The number of nitrogen functional groups attached to an aromatic ring is 1. The number of nitrogens with one attached hydrogen (secondary N) is 1. The van der Waals surface area contributed by atoms with Gasteiger partial charge >= 0.3 is 0 Å². The number of hydrogen-bond donors (Lipinski definition) is 2. The number of carbonyl (C=O) groups is 1. The van der Waals surface area contributed by atoms with E-state index in [4.69, 9.17) is 17.3 Å². The van der Waals surface area contributed by atoms with Crippen molar-refractivity contribution in [3.8, 4) is 0 Å². The monoisotopic (exact) mass is 272 g/mol. The molecule has 0 aliphatic carbocycles. The van der Waals surface area contributed by atoms with Gasteiger partial charge in [-0.2, -0.15) is 0 Å². The first-order valence-corrected chi connectivity index (χ1v) is 6.80. The smallest absolute Gasteiger partial charge is 0.230 e. The molecule has 0 radical (unpaired) electrons. The summed E-state index contributed by atoms with van der Waals surface area (Å²) in [5.41, 5.74) is 6.16. The minimum absolute atomic E-state index is 0.0386. The minimum atomic E-state index is 0.0386. The lowest BCUT2D eigenvalue weighted by Crippen LogP contribution is -2.28. The minimum Gasteiger partial charge on any atom is -0.398 e. The van der Waals surface area contributed by atoms with Crippen LogP contribution in [0.25, 0.3) is 0 Å². The molecule has 17 heavy (non-hydrogen) atoms. The number of anilines is 1. The molecule has 3 N–H and O–H groups in total. The predicted molar refractivity (Wildman–Crippen MR) is 74.4 cm³/mol. The average Bonchev–Trinajstić information content (AvgIpc) is 2.28. The molecule has 0 bridgehead atoms. The van der Waals surface area contributed by atoms with E-state index in [-0.39, 0.29) is 5.91 Å². The Bertz CT molecular complexity index is 396. The molecule has 0 aliphatic rings. The number of thioether (sulfide) groups is 1. The summed E-state index contributed by atoms with van der Waals surface area (Å²) in [6.45, 7) is 4.84. The summed E-state index contributed by atoms with van der Waals surface area (Å²) >= 11 is 7.34. The molecule has 3 nitrogen and oxygen atoms in total. The predicted octanol–water partition coefficient (Wildman–Crippen LogP) is 2.79. The zero-order valence-corrected chi connectivity index (χ0v) is 11.6. The van der Waals surface area contributed by atoms with Gasteiger partial charge in [-0.1, -0.05) is 25.4 Å². The van der Waals surface area contributed by atoms with E-state index in [9.17, 15) is 4.79 Å². The van der Waals surface area contributed by atoms with Crippen LogP contribution in [0.1, 0.15) is 13.8 Å². The highest BCUT2D eigenvalue weighted by atomic mass is 35.5. The number of carbonyl (C=O) groups excluding carboxylic acids is 1. The summed E-state index contributed by atoms with van der Waals surface area (Å²) in [5.74, 6) is 0.902. The van der Waals surface area contributed by atoms with E-state index in [0.717, 1.165) is 4.90 Å². The van der Waals surface area contributed by atoms with Crippen LogP contribution in [0.2, 0.25) is 5.02 Å². The van der Waals surface area contributed by atoms with Gasteiger partial charge in [-0.15, -0.1) is 11.8 Å². The van der Waals surface area contributed by atoms with Crippen LogP contribution in [0.15, 0.2) is 23.1 Å². The van der Waals surface area contributed by atoms with Crippen molar-refractivity contribution >= 4 is 35.0 Å². The molecule has 0 saturated heterocycles. The quantitative estimate of drug-likeness (QED) is 0.640. The van der Waals surface area contributed by atoms with Crippen LogP contribution in [0, 0.1) is 5.92 Å². The van der Waals surface area contributed by atoms with E-state index in [2.05, 4.69) is 19.2 Å². The lowest BCUT2D eigenvalue weighted by Gasteiger charge is -2.07. The van der Waals surface area contributed by atoms with E-state index in [1.54, 1.807) is 12.1 Å². The molecule has 0 fully saturated rings. The van der Waals surface area contributed by atoms with E-state index < -0.39 is 0 Å². The zero-order chi connectivity index (χ0) is 12.8. The molecule has 0 saturated carbocycles. The van der Waals surface area contributed by atoms with Crippen LogP contribution in [-0.4, -0.2) is 18.2 Å². The van der Waals surface area contributed by atoms with Crippen LogP contribution >= 0.6 is 23.4 Å². The fraction of sp³-hybridized carbons (Fsp3) is 0.417. The van der Waals surface area contributed by atoms with Crippen molar-refractivity contribution in [2.24, 2.45) is 5.92 Å². The summed E-state index contributed by atoms with van der Waals surface area (Å²) in [6.07, 6.45) is 0. The van der Waals surface area contributed by atoms with Crippen LogP contribution in [0.4, 0.5) is 5.69 Å². The Hall–Kier alpha value is -0.870. The third-order valence-corrected chi connectivity index (χ3v) is 3.37. The lowest BCUT2D eigenvalue weighted by molar-refractivity contribution is -0.118. The Morgan fingerprint density at radius 2 is 2.24 bits per heavy atom. The first kappa shape index (κ1) is 14.2. The second-order valence-electron chi connectivity index (χ2n) is 4.17. The zero-order valence-electron chi connectivity index (χ0n) is 10.00. The Morgan fingerprint density at radius 1 is 1.53 bits per heavy atom.